The second-order valence-electron chi connectivity index (χ2n) is 5.05. The number of unbranched alkanes of at least 4 members (excludes halogenated alkanes) is 2. The van der Waals surface area contributed by atoms with Gasteiger partial charge in [-0.1, -0.05) is 18.6 Å². The molecule has 0 saturated heterocycles. The number of anilines is 1. The number of amides is 1. The lowest BCUT2D eigenvalue weighted by Crippen LogP contribution is -2.26. The molecule has 1 amide bonds. The maximum atomic E-state index is 11.9. The molecule has 0 aliphatic rings. The van der Waals surface area contributed by atoms with Gasteiger partial charge in [-0.3, -0.25) is 19.7 Å². The third-order valence-corrected chi connectivity index (χ3v) is 3.19. The number of carboxylic acid groups (broad SMARTS) is 1. The van der Waals surface area contributed by atoms with Crippen LogP contribution < -0.4 is 10.6 Å². The SMILES string of the molecule is N#C/C(=C/Nc1ccccc1[N+](=O)[O-])C(=O)NCCCCCC(=O)O. The number of benzene rings is 1. The molecule has 0 atom stereocenters. The number of nitrogens with zero attached hydrogens (tertiary/aromatic N) is 2. The van der Waals surface area contributed by atoms with E-state index in [2.05, 4.69) is 10.6 Å². The highest BCUT2D eigenvalue weighted by molar-refractivity contribution is 5.97. The Kier molecular flexibility index (Phi) is 8.15. The average molecular weight is 346 g/mol. The molecule has 9 nitrogen and oxygen atoms in total. The number of para-hydroxylation sites is 2. The normalized spacial score (nSPS) is 10.6. The van der Waals surface area contributed by atoms with Gasteiger partial charge >= 0.3 is 5.97 Å². The van der Waals surface area contributed by atoms with E-state index in [0.717, 1.165) is 6.20 Å². The lowest BCUT2D eigenvalue weighted by molar-refractivity contribution is -0.383. The number of hydrogen-bond acceptors (Lipinski definition) is 6. The molecule has 0 radical (unpaired) electrons. The fourth-order valence-electron chi connectivity index (χ4n) is 1.93. The maximum Gasteiger partial charge on any atom is 0.303 e. The van der Waals surface area contributed by atoms with Crippen LogP contribution in [0.1, 0.15) is 25.7 Å². The van der Waals surface area contributed by atoms with Gasteiger partial charge in [0.15, 0.2) is 0 Å². The summed E-state index contributed by atoms with van der Waals surface area (Å²) in [4.78, 5) is 32.6. The van der Waals surface area contributed by atoms with Crippen molar-refractivity contribution in [1.29, 1.82) is 5.26 Å². The lowest BCUT2D eigenvalue weighted by atomic mass is 10.2. The largest absolute Gasteiger partial charge is 0.481 e. The summed E-state index contributed by atoms with van der Waals surface area (Å²) in [5.41, 5.74) is -0.222. The highest BCUT2D eigenvalue weighted by atomic mass is 16.6. The number of nitriles is 1. The minimum absolute atomic E-state index is 0.0804. The number of carbonyl (C=O) groups excluding carboxylic acids is 1. The van der Waals surface area contributed by atoms with E-state index in [1.165, 1.54) is 18.2 Å². The van der Waals surface area contributed by atoms with Gasteiger partial charge in [-0.05, 0) is 18.9 Å². The van der Waals surface area contributed by atoms with E-state index in [-0.39, 0.29) is 23.4 Å². The monoisotopic (exact) mass is 346 g/mol. The van der Waals surface area contributed by atoms with Crippen LogP contribution in [0.2, 0.25) is 0 Å². The van der Waals surface area contributed by atoms with E-state index >= 15 is 0 Å². The summed E-state index contributed by atoms with van der Waals surface area (Å²) in [6, 6.07) is 7.59. The Hall–Kier alpha value is -3.41. The van der Waals surface area contributed by atoms with Crippen molar-refractivity contribution in [3.8, 4) is 6.07 Å². The Morgan fingerprint density at radius 2 is 2.00 bits per heavy atom. The molecular weight excluding hydrogens is 328 g/mol. The second-order valence-corrected chi connectivity index (χ2v) is 5.05. The molecule has 0 aliphatic heterocycles. The summed E-state index contributed by atoms with van der Waals surface area (Å²) in [5.74, 6) is -1.47. The molecule has 0 aromatic heterocycles. The number of aliphatic carboxylic acids is 1. The minimum atomic E-state index is -0.861. The van der Waals surface area contributed by atoms with Crippen LogP contribution in [0.4, 0.5) is 11.4 Å². The highest BCUT2D eigenvalue weighted by Crippen LogP contribution is 2.23. The Morgan fingerprint density at radius 3 is 2.64 bits per heavy atom. The van der Waals surface area contributed by atoms with Crippen molar-refractivity contribution in [2.24, 2.45) is 0 Å². The van der Waals surface area contributed by atoms with E-state index < -0.39 is 16.8 Å². The second kappa shape index (κ2) is 10.4. The number of carbonyl (C=O) groups is 2. The summed E-state index contributed by atoms with van der Waals surface area (Å²) in [6.07, 6.45) is 2.95. The van der Waals surface area contributed by atoms with Gasteiger partial charge in [0.2, 0.25) is 0 Å². The number of nitro benzene ring substituents is 1. The Bertz CT molecular complexity index is 709. The maximum absolute atomic E-state index is 11.9. The van der Waals surface area contributed by atoms with Gasteiger partial charge < -0.3 is 15.7 Å². The molecular formula is C16H18N4O5. The van der Waals surface area contributed by atoms with Crippen LogP contribution in [0.15, 0.2) is 36.0 Å². The molecule has 1 rings (SSSR count). The first-order valence-electron chi connectivity index (χ1n) is 7.56. The third kappa shape index (κ3) is 7.13. The minimum Gasteiger partial charge on any atom is -0.481 e. The number of carboxylic acids is 1. The molecule has 0 bridgehead atoms. The predicted molar refractivity (Wildman–Crippen MR) is 89.5 cm³/mol. The van der Waals surface area contributed by atoms with Crippen LogP contribution in [-0.4, -0.2) is 28.5 Å². The van der Waals surface area contributed by atoms with Gasteiger partial charge in [0.05, 0.1) is 4.92 Å². The quantitative estimate of drug-likeness (QED) is 0.193. The van der Waals surface area contributed by atoms with Crippen molar-refractivity contribution >= 4 is 23.3 Å². The van der Waals surface area contributed by atoms with E-state index in [1.54, 1.807) is 12.1 Å². The van der Waals surface area contributed by atoms with Crippen LogP contribution in [0.25, 0.3) is 0 Å². The Labute approximate surface area is 144 Å². The molecule has 1 aromatic carbocycles. The zero-order valence-electron chi connectivity index (χ0n) is 13.4. The Balaban J connectivity index is 2.53. The zero-order valence-corrected chi connectivity index (χ0v) is 13.4. The van der Waals surface area contributed by atoms with Crippen molar-refractivity contribution in [3.63, 3.8) is 0 Å². The molecule has 0 unspecified atom stereocenters. The summed E-state index contributed by atoms with van der Waals surface area (Å²) in [6.45, 7) is 0.308. The number of rotatable bonds is 10. The standard InChI is InChI=1S/C16H18N4O5/c17-10-12(16(23)18-9-5-1-2-8-15(21)22)11-19-13-6-3-4-7-14(13)20(24)25/h3-4,6-7,11,19H,1-2,5,8-9H2,(H,18,23)(H,21,22)/b12-11-. The molecule has 132 valence electrons. The van der Waals surface area contributed by atoms with E-state index in [0.29, 0.717) is 25.8 Å². The first kappa shape index (κ1) is 19.6. The van der Waals surface area contributed by atoms with Crippen molar-refractivity contribution in [1.82, 2.24) is 5.32 Å². The third-order valence-electron chi connectivity index (χ3n) is 3.19. The average Bonchev–Trinajstić information content (AvgIpc) is 2.58. The van der Waals surface area contributed by atoms with Crippen LogP contribution >= 0.6 is 0 Å². The fraction of sp³-hybridized carbons (Fsp3) is 0.312. The molecule has 0 saturated carbocycles. The molecule has 0 fully saturated rings. The Morgan fingerprint density at radius 1 is 1.28 bits per heavy atom. The lowest BCUT2D eigenvalue weighted by Gasteiger charge is -2.05. The van der Waals surface area contributed by atoms with Crippen molar-refractivity contribution < 1.29 is 19.6 Å². The number of nitro groups is 1. The van der Waals surface area contributed by atoms with Crippen molar-refractivity contribution in [2.75, 3.05) is 11.9 Å². The van der Waals surface area contributed by atoms with E-state index in [4.69, 9.17) is 10.4 Å². The van der Waals surface area contributed by atoms with E-state index in [1.807, 2.05) is 0 Å². The molecule has 25 heavy (non-hydrogen) atoms. The highest BCUT2D eigenvalue weighted by Gasteiger charge is 2.13. The van der Waals surface area contributed by atoms with Gasteiger partial charge in [0.1, 0.15) is 17.3 Å². The van der Waals surface area contributed by atoms with Gasteiger partial charge in [-0.25, -0.2) is 0 Å². The van der Waals surface area contributed by atoms with Crippen LogP contribution in [0, 0.1) is 21.4 Å². The fourth-order valence-corrected chi connectivity index (χ4v) is 1.93. The number of hydrogen-bond donors (Lipinski definition) is 3. The molecule has 0 aliphatic carbocycles. The van der Waals surface area contributed by atoms with Gasteiger partial charge in [0.25, 0.3) is 11.6 Å². The molecule has 0 heterocycles. The van der Waals surface area contributed by atoms with Gasteiger partial charge in [-0.15, -0.1) is 0 Å². The topological polar surface area (TPSA) is 145 Å². The summed E-state index contributed by atoms with van der Waals surface area (Å²) in [7, 11) is 0. The van der Waals surface area contributed by atoms with Gasteiger partial charge in [-0.2, -0.15) is 5.26 Å². The van der Waals surface area contributed by atoms with Crippen LogP contribution in [-0.2, 0) is 9.59 Å². The summed E-state index contributed by atoms with van der Waals surface area (Å²) in [5, 5.41) is 33.6. The molecule has 3 N–H and O–H groups in total. The summed E-state index contributed by atoms with van der Waals surface area (Å²) < 4.78 is 0. The number of nitrogens with one attached hydrogen (secondary N) is 2. The molecule has 0 spiro atoms. The molecule has 9 heteroatoms. The first-order chi connectivity index (χ1) is 12.0. The van der Waals surface area contributed by atoms with Crippen LogP contribution in [0.5, 0.6) is 0 Å². The zero-order chi connectivity index (χ0) is 18.7. The van der Waals surface area contributed by atoms with Crippen LogP contribution in [0.3, 0.4) is 0 Å². The predicted octanol–water partition coefficient (Wildman–Crippen LogP) is 2.18. The van der Waals surface area contributed by atoms with Gasteiger partial charge in [0, 0.05) is 25.2 Å². The molecule has 1 aromatic rings. The van der Waals surface area contributed by atoms with Crippen molar-refractivity contribution in [3.05, 3.63) is 46.2 Å². The first-order valence-corrected chi connectivity index (χ1v) is 7.56. The van der Waals surface area contributed by atoms with Crippen molar-refractivity contribution in [2.45, 2.75) is 25.7 Å². The smallest absolute Gasteiger partial charge is 0.303 e. The van der Waals surface area contributed by atoms with E-state index in [9.17, 15) is 19.7 Å². The summed E-state index contributed by atoms with van der Waals surface area (Å²) >= 11 is 0.